The van der Waals surface area contributed by atoms with Crippen molar-refractivity contribution in [3.8, 4) is 0 Å². The fourth-order valence-electron chi connectivity index (χ4n) is 1.07. The number of unbranched alkanes of at least 4 members (excludes halogenated alkanes) is 1. The van der Waals surface area contributed by atoms with E-state index in [0.29, 0.717) is 0 Å². The Bertz CT molecular complexity index is 223. The highest BCUT2D eigenvalue weighted by Gasteiger charge is 2.04. The van der Waals surface area contributed by atoms with E-state index in [-0.39, 0.29) is 4.71 Å². The van der Waals surface area contributed by atoms with Crippen LogP contribution in [0.1, 0.15) is 26.2 Å². The molecule has 0 aliphatic rings. The predicted molar refractivity (Wildman–Crippen MR) is 61.5 cm³/mol. The van der Waals surface area contributed by atoms with Crippen LogP contribution >= 0.6 is 23.4 Å². The lowest BCUT2D eigenvalue weighted by molar-refractivity contribution is 0.760. The second-order valence-electron chi connectivity index (χ2n) is 2.98. The van der Waals surface area contributed by atoms with Crippen LogP contribution < -0.4 is 0 Å². The smallest absolute Gasteiger partial charge is 0.0835 e. The Labute approximate surface area is 89.7 Å². The van der Waals surface area contributed by atoms with Crippen molar-refractivity contribution in [3.05, 3.63) is 30.3 Å². The molecule has 0 fully saturated rings. The van der Waals surface area contributed by atoms with Crippen LogP contribution in [0.25, 0.3) is 0 Å². The molecule has 0 bridgehead atoms. The van der Waals surface area contributed by atoms with Gasteiger partial charge in [0.2, 0.25) is 0 Å². The van der Waals surface area contributed by atoms with Crippen LogP contribution in [0.3, 0.4) is 0 Å². The van der Waals surface area contributed by atoms with Crippen molar-refractivity contribution >= 4 is 23.4 Å². The van der Waals surface area contributed by atoms with Gasteiger partial charge in [0.15, 0.2) is 0 Å². The summed E-state index contributed by atoms with van der Waals surface area (Å²) >= 11 is 7.91. The van der Waals surface area contributed by atoms with Crippen molar-refractivity contribution in [1.82, 2.24) is 0 Å². The molecule has 0 radical (unpaired) electrons. The predicted octanol–water partition coefficient (Wildman–Crippen LogP) is 4.53. The molecule has 0 heterocycles. The van der Waals surface area contributed by atoms with Crippen molar-refractivity contribution < 1.29 is 0 Å². The topological polar surface area (TPSA) is 0 Å². The third-order valence-electron chi connectivity index (χ3n) is 1.79. The second kappa shape index (κ2) is 6.33. The van der Waals surface area contributed by atoms with E-state index in [4.69, 9.17) is 11.6 Å². The van der Waals surface area contributed by atoms with E-state index >= 15 is 0 Å². The summed E-state index contributed by atoms with van der Waals surface area (Å²) in [6, 6.07) is 10.3. The van der Waals surface area contributed by atoms with E-state index in [0.717, 1.165) is 6.42 Å². The van der Waals surface area contributed by atoms with Crippen LogP contribution in [0.5, 0.6) is 0 Å². The molecule has 0 N–H and O–H groups in total. The minimum atomic E-state index is 0.224. The molecule has 1 unspecified atom stereocenters. The van der Waals surface area contributed by atoms with E-state index in [1.54, 1.807) is 11.8 Å². The molecule has 13 heavy (non-hydrogen) atoms. The van der Waals surface area contributed by atoms with Crippen LogP contribution in [0.2, 0.25) is 0 Å². The van der Waals surface area contributed by atoms with E-state index in [1.165, 1.54) is 17.7 Å². The first-order valence-electron chi connectivity index (χ1n) is 4.68. The summed E-state index contributed by atoms with van der Waals surface area (Å²) < 4.78 is 0.224. The molecule has 0 aromatic heterocycles. The van der Waals surface area contributed by atoms with Crippen molar-refractivity contribution in [1.29, 1.82) is 0 Å². The summed E-state index contributed by atoms with van der Waals surface area (Å²) in [6.07, 6.45) is 3.53. The zero-order valence-electron chi connectivity index (χ0n) is 7.87. The molecule has 72 valence electrons. The number of benzene rings is 1. The number of rotatable bonds is 5. The van der Waals surface area contributed by atoms with E-state index in [9.17, 15) is 0 Å². The van der Waals surface area contributed by atoms with Crippen molar-refractivity contribution in [2.24, 2.45) is 0 Å². The summed E-state index contributed by atoms with van der Waals surface area (Å²) in [5.41, 5.74) is 0. The Morgan fingerprint density at radius 2 is 2.00 bits per heavy atom. The Kier molecular flexibility index (Phi) is 5.33. The maximum Gasteiger partial charge on any atom is 0.0835 e. The molecular weight excluding hydrogens is 200 g/mol. The highest BCUT2D eigenvalue weighted by Crippen LogP contribution is 2.28. The fourth-order valence-corrected chi connectivity index (χ4v) is 2.43. The maximum absolute atomic E-state index is 6.16. The molecule has 0 aliphatic heterocycles. The average molecular weight is 215 g/mol. The second-order valence-corrected chi connectivity index (χ2v) is 5.04. The standard InChI is InChI=1S/C11H15ClS/c1-2-3-9-11(12)13-10-7-5-4-6-8-10/h4-8,11H,2-3,9H2,1H3. The minimum absolute atomic E-state index is 0.224. The fraction of sp³-hybridized carbons (Fsp3) is 0.455. The normalized spacial score (nSPS) is 12.8. The van der Waals surface area contributed by atoms with Gasteiger partial charge in [0, 0.05) is 4.90 Å². The van der Waals surface area contributed by atoms with Gasteiger partial charge in [-0.1, -0.05) is 38.0 Å². The van der Waals surface area contributed by atoms with Crippen LogP contribution in [-0.4, -0.2) is 4.71 Å². The Morgan fingerprint density at radius 3 is 2.62 bits per heavy atom. The first kappa shape index (κ1) is 10.9. The third-order valence-corrected chi connectivity index (χ3v) is 3.31. The molecule has 0 spiro atoms. The van der Waals surface area contributed by atoms with Gasteiger partial charge in [-0.25, -0.2) is 0 Å². The maximum atomic E-state index is 6.16. The Morgan fingerprint density at radius 1 is 1.31 bits per heavy atom. The zero-order chi connectivity index (χ0) is 9.52. The van der Waals surface area contributed by atoms with Gasteiger partial charge < -0.3 is 0 Å². The quantitative estimate of drug-likeness (QED) is 0.513. The molecular formula is C11H15ClS. The first-order valence-corrected chi connectivity index (χ1v) is 6.00. The van der Waals surface area contributed by atoms with Crippen LogP contribution in [-0.2, 0) is 0 Å². The number of hydrogen-bond acceptors (Lipinski definition) is 1. The van der Waals surface area contributed by atoms with E-state index < -0.39 is 0 Å². The van der Waals surface area contributed by atoms with E-state index in [2.05, 4.69) is 19.1 Å². The lowest BCUT2D eigenvalue weighted by atomic mass is 10.3. The molecule has 0 saturated carbocycles. The Hall–Kier alpha value is -0.140. The Balaban J connectivity index is 2.32. The summed E-state index contributed by atoms with van der Waals surface area (Å²) in [5, 5.41) is 0. The van der Waals surface area contributed by atoms with Crippen molar-refractivity contribution in [3.63, 3.8) is 0 Å². The molecule has 1 rings (SSSR count). The molecule has 0 nitrogen and oxygen atoms in total. The van der Waals surface area contributed by atoms with Gasteiger partial charge in [0.1, 0.15) is 0 Å². The monoisotopic (exact) mass is 214 g/mol. The summed E-state index contributed by atoms with van der Waals surface area (Å²) in [4.78, 5) is 1.26. The zero-order valence-corrected chi connectivity index (χ0v) is 9.44. The molecule has 0 saturated heterocycles. The minimum Gasteiger partial charge on any atom is -0.111 e. The lowest BCUT2D eigenvalue weighted by Crippen LogP contribution is -1.90. The SMILES string of the molecule is CCCCC(Cl)Sc1ccccc1. The van der Waals surface area contributed by atoms with E-state index in [1.807, 2.05) is 18.2 Å². The molecule has 0 aliphatic carbocycles. The van der Waals surface area contributed by atoms with Gasteiger partial charge >= 0.3 is 0 Å². The van der Waals surface area contributed by atoms with Crippen molar-refractivity contribution in [2.75, 3.05) is 0 Å². The summed E-state index contributed by atoms with van der Waals surface area (Å²) in [6.45, 7) is 2.19. The van der Waals surface area contributed by atoms with Gasteiger partial charge in [0.25, 0.3) is 0 Å². The van der Waals surface area contributed by atoms with Gasteiger partial charge in [-0.05, 0) is 18.6 Å². The van der Waals surface area contributed by atoms with Crippen LogP contribution in [0.4, 0.5) is 0 Å². The number of thioether (sulfide) groups is 1. The van der Waals surface area contributed by atoms with Crippen LogP contribution in [0.15, 0.2) is 35.2 Å². The van der Waals surface area contributed by atoms with Gasteiger partial charge in [-0.15, -0.1) is 23.4 Å². The largest absolute Gasteiger partial charge is 0.111 e. The molecule has 1 aromatic rings. The summed E-state index contributed by atoms with van der Waals surface area (Å²) in [7, 11) is 0. The number of hydrogen-bond donors (Lipinski definition) is 0. The van der Waals surface area contributed by atoms with Gasteiger partial charge in [-0.3, -0.25) is 0 Å². The molecule has 0 amide bonds. The van der Waals surface area contributed by atoms with Crippen LogP contribution in [0, 0.1) is 0 Å². The summed E-state index contributed by atoms with van der Waals surface area (Å²) in [5.74, 6) is 0. The lowest BCUT2D eigenvalue weighted by Gasteiger charge is -2.07. The molecule has 1 atom stereocenters. The highest BCUT2D eigenvalue weighted by atomic mass is 35.5. The van der Waals surface area contributed by atoms with Crippen molar-refractivity contribution in [2.45, 2.75) is 35.8 Å². The first-order chi connectivity index (χ1) is 6.33. The third kappa shape index (κ3) is 4.58. The molecule has 1 aromatic carbocycles. The number of halogens is 1. The van der Waals surface area contributed by atoms with Gasteiger partial charge in [0.05, 0.1) is 4.71 Å². The number of alkyl halides is 1. The highest BCUT2D eigenvalue weighted by molar-refractivity contribution is 8.01. The van der Waals surface area contributed by atoms with Gasteiger partial charge in [-0.2, -0.15) is 0 Å². The average Bonchev–Trinajstić information content (AvgIpc) is 2.16. The molecule has 2 heteroatoms.